The monoisotopic (exact) mass is 270 g/mol. The smallest absolute Gasteiger partial charge is 0.239 e. The molecule has 0 aliphatic heterocycles. The molecule has 1 amide bonds. The summed E-state index contributed by atoms with van der Waals surface area (Å²) in [4.78, 5) is 21.7. The van der Waals surface area contributed by atoms with E-state index in [-0.39, 0.29) is 23.8 Å². The van der Waals surface area contributed by atoms with Crippen LogP contribution in [0, 0.1) is 6.92 Å². The number of likely N-dealkylation sites (N-methyl/N-ethyl adjacent to an activating group) is 1. The minimum absolute atomic E-state index is 0.0285. The number of aromatic nitrogens is 2. The molecule has 0 spiro atoms. The van der Waals surface area contributed by atoms with Gasteiger partial charge in [0.1, 0.15) is 5.82 Å². The SMILES string of the molecule is CCN(CC(=O)NC(C)C)c1cc(C)nc(Cl)n1. The summed E-state index contributed by atoms with van der Waals surface area (Å²) in [6.07, 6.45) is 0. The third kappa shape index (κ3) is 4.49. The fourth-order valence-electron chi connectivity index (χ4n) is 1.57. The molecule has 0 aliphatic carbocycles. The fraction of sp³-hybridized carbons (Fsp3) is 0.583. The average molecular weight is 271 g/mol. The van der Waals surface area contributed by atoms with Crippen LogP contribution in [0.4, 0.5) is 5.82 Å². The van der Waals surface area contributed by atoms with E-state index < -0.39 is 0 Å². The van der Waals surface area contributed by atoms with Gasteiger partial charge in [-0.3, -0.25) is 4.79 Å². The van der Waals surface area contributed by atoms with Gasteiger partial charge in [-0.2, -0.15) is 0 Å². The molecule has 0 saturated heterocycles. The molecule has 1 N–H and O–H groups in total. The van der Waals surface area contributed by atoms with Gasteiger partial charge in [0.2, 0.25) is 11.2 Å². The summed E-state index contributed by atoms with van der Waals surface area (Å²) in [6, 6.07) is 1.95. The zero-order valence-corrected chi connectivity index (χ0v) is 12.0. The van der Waals surface area contributed by atoms with Gasteiger partial charge in [0.05, 0.1) is 6.54 Å². The first-order chi connectivity index (χ1) is 8.42. The topological polar surface area (TPSA) is 58.1 Å². The van der Waals surface area contributed by atoms with E-state index in [1.54, 1.807) is 0 Å². The number of hydrogen-bond donors (Lipinski definition) is 1. The van der Waals surface area contributed by atoms with Crippen molar-refractivity contribution in [3.63, 3.8) is 0 Å². The van der Waals surface area contributed by atoms with Crippen LogP contribution < -0.4 is 10.2 Å². The second-order valence-electron chi connectivity index (χ2n) is 4.37. The van der Waals surface area contributed by atoms with Crippen LogP contribution in [0.25, 0.3) is 0 Å². The van der Waals surface area contributed by atoms with E-state index in [0.717, 1.165) is 5.69 Å². The van der Waals surface area contributed by atoms with E-state index in [9.17, 15) is 4.79 Å². The minimum Gasteiger partial charge on any atom is -0.352 e. The van der Waals surface area contributed by atoms with E-state index in [1.807, 2.05) is 38.7 Å². The summed E-state index contributed by atoms with van der Waals surface area (Å²) in [5.41, 5.74) is 0.785. The highest BCUT2D eigenvalue weighted by molar-refractivity contribution is 6.28. The lowest BCUT2D eigenvalue weighted by Crippen LogP contribution is -2.40. The van der Waals surface area contributed by atoms with Crippen molar-refractivity contribution in [2.45, 2.75) is 33.7 Å². The first-order valence-electron chi connectivity index (χ1n) is 5.97. The molecule has 0 bridgehead atoms. The number of amides is 1. The third-order valence-electron chi connectivity index (χ3n) is 2.30. The number of nitrogens with one attached hydrogen (secondary N) is 1. The highest BCUT2D eigenvalue weighted by atomic mass is 35.5. The molecule has 0 atom stereocenters. The van der Waals surface area contributed by atoms with Crippen molar-refractivity contribution < 1.29 is 4.79 Å². The molecule has 0 aliphatic rings. The van der Waals surface area contributed by atoms with Gasteiger partial charge in [0.15, 0.2) is 0 Å². The molecule has 0 radical (unpaired) electrons. The first-order valence-corrected chi connectivity index (χ1v) is 6.35. The van der Waals surface area contributed by atoms with Crippen LogP contribution in [-0.4, -0.2) is 35.0 Å². The molecule has 1 heterocycles. The Bertz CT molecular complexity index is 402. The number of carbonyl (C=O) groups is 1. The van der Waals surface area contributed by atoms with Gasteiger partial charge in [-0.05, 0) is 39.3 Å². The van der Waals surface area contributed by atoms with Crippen molar-refractivity contribution in [3.05, 3.63) is 17.0 Å². The second kappa shape index (κ2) is 6.54. The van der Waals surface area contributed by atoms with Crippen LogP contribution in [-0.2, 0) is 4.79 Å². The molecule has 6 heteroatoms. The molecular weight excluding hydrogens is 252 g/mol. The van der Waals surface area contributed by atoms with E-state index in [4.69, 9.17) is 11.6 Å². The number of anilines is 1. The number of halogens is 1. The van der Waals surface area contributed by atoms with Crippen LogP contribution in [0.15, 0.2) is 6.07 Å². The molecule has 100 valence electrons. The molecule has 0 saturated carbocycles. The Morgan fingerprint density at radius 2 is 2.17 bits per heavy atom. The lowest BCUT2D eigenvalue weighted by molar-refractivity contribution is -0.120. The molecule has 0 fully saturated rings. The number of aryl methyl sites for hydroxylation is 1. The number of nitrogens with zero attached hydrogens (tertiary/aromatic N) is 3. The summed E-state index contributed by atoms with van der Waals surface area (Å²) < 4.78 is 0. The maximum atomic E-state index is 11.7. The normalized spacial score (nSPS) is 10.6. The van der Waals surface area contributed by atoms with Gasteiger partial charge in [-0.1, -0.05) is 0 Å². The predicted molar refractivity (Wildman–Crippen MR) is 72.9 cm³/mol. The summed E-state index contributed by atoms with van der Waals surface area (Å²) in [5, 5.41) is 3.05. The zero-order chi connectivity index (χ0) is 13.7. The standard InChI is InChI=1S/C12H19ClN4O/c1-5-17(7-11(18)14-8(2)3)10-6-9(4)15-12(13)16-10/h6,8H,5,7H2,1-4H3,(H,14,18). The molecule has 5 nitrogen and oxygen atoms in total. The molecule has 1 rings (SSSR count). The van der Waals surface area contributed by atoms with Crippen LogP contribution in [0.1, 0.15) is 26.5 Å². The maximum absolute atomic E-state index is 11.7. The van der Waals surface area contributed by atoms with E-state index >= 15 is 0 Å². The Hall–Kier alpha value is -1.36. The Balaban J connectivity index is 2.79. The molecule has 0 aromatic carbocycles. The van der Waals surface area contributed by atoms with Gasteiger partial charge in [0.25, 0.3) is 0 Å². The highest BCUT2D eigenvalue weighted by Gasteiger charge is 2.13. The summed E-state index contributed by atoms with van der Waals surface area (Å²) in [5.74, 6) is 0.646. The molecule has 18 heavy (non-hydrogen) atoms. The summed E-state index contributed by atoms with van der Waals surface area (Å²) >= 11 is 5.82. The van der Waals surface area contributed by atoms with Gasteiger partial charge in [-0.25, -0.2) is 9.97 Å². The summed E-state index contributed by atoms with van der Waals surface area (Å²) in [7, 11) is 0. The van der Waals surface area contributed by atoms with Crippen molar-refractivity contribution in [2.24, 2.45) is 0 Å². The van der Waals surface area contributed by atoms with Crippen molar-refractivity contribution in [2.75, 3.05) is 18.0 Å². The summed E-state index contributed by atoms with van der Waals surface area (Å²) in [6.45, 7) is 8.62. The van der Waals surface area contributed by atoms with E-state index in [0.29, 0.717) is 12.4 Å². The van der Waals surface area contributed by atoms with Gasteiger partial charge in [-0.15, -0.1) is 0 Å². The van der Waals surface area contributed by atoms with Gasteiger partial charge in [0, 0.05) is 24.3 Å². The van der Waals surface area contributed by atoms with Crippen LogP contribution in [0.5, 0.6) is 0 Å². The number of hydrogen-bond acceptors (Lipinski definition) is 4. The van der Waals surface area contributed by atoms with Crippen molar-refractivity contribution >= 4 is 23.3 Å². The van der Waals surface area contributed by atoms with Gasteiger partial charge < -0.3 is 10.2 Å². The zero-order valence-electron chi connectivity index (χ0n) is 11.2. The van der Waals surface area contributed by atoms with Crippen LogP contribution >= 0.6 is 11.6 Å². The minimum atomic E-state index is -0.0285. The predicted octanol–water partition coefficient (Wildman–Crippen LogP) is 1.79. The quantitative estimate of drug-likeness (QED) is 0.829. The Morgan fingerprint density at radius 3 is 2.67 bits per heavy atom. The van der Waals surface area contributed by atoms with Crippen molar-refractivity contribution in [1.29, 1.82) is 0 Å². The highest BCUT2D eigenvalue weighted by Crippen LogP contribution is 2.14. The Morgan fingerprint density at radius 1 is 1.50 bits per heavy atom. The lowest BCUT2D eigenvalue weighted by atomic mass is 10.3. The van der Waals surface area contributed by atoms with Crippen molar-refractivity contribution in [1.82, 2.24) is 15.3 Å². The number of carbonyl (C=O) groups excluding carboxylic acids is 1. The van der Waals surface area contributed by atoms with Crippen molar-refractivity contribution in [3.8, 4) is 0 Å². The average Bonchev–Trinajstić information content (AvgIpc) is 2.23. The van der Waals surface area contributed by atoms with Crippen LogP contribution in [0.3, 0.4) is 0 Å². The maximum Gasteiger partial charge on any atom is 0.239 e. The molecule has 1 aromatic rings. The Labute approximate surface area is 113 Å². The van der Waals surface area contributed by atoms with Crippen LogP contribution in [0.2, 0.25) is 5.28 Å². The van der Waals surface area contributed by atoms with E-state index in [2.05, 4.69) is 15.3 Å². The fourth-order valence-corrected chi connectivity index (χ4v) is 1.79. The first kappa shape index (κ1) is 14.7. The molecule has 1 aromatic heterocycles. The lowest BCUT2D eigenvalue weighted by Gasteiger charge is -2.22. The third-order valence-corrected chi connectivity index (χ3v) is 2.47. The molecular formula is C12H19ClN4O. The molecule has 0 unspecified atom stereocenters. The number of rotatable bonds is 5. The largest absolute Gasteiger partial charge is 0.352 e. The van der Waals surface area contributed by atoms with Gasteiger partial charge >= 0.3 is 0 Å². The second-order valence-corrected chi connectivity index (χ2v) is 4.71. The van der Waals surface area contributed by atoms with E-state index in [1.165, 1.54) is 0 Å². The Kier molecular flexibility index (Phi) is 5.34.